The molecule has 1 heterocycles. The average molecular weight is 166 g/mol. The first kappa shape index (κ1) is 9.17. The first-order valence-electron chi connectivity index (χ1n) is 4.38. The Hall–Kier alpha value is -0.920. The summed E-state index contributed by atoms with van der Waals surface area (Å²) in [6, 6.07) is 0. The summed E-state index contributed by atoms with van der Waals surface area (Å²) < 4.78 is 0. The van der Waals surface area contributed by atoms with Crippen LogP contribution in [0.25, 0.3) is 0 Å². The normalized spacial score (nSPS) is 25.6. The lowest BCUT2D eigenvalue weighted by atomic mass is 9.84. The highest BCUT2D eigenvalue weighted by Gasteiger charge is 2.24. The Morgan fingerprint density at radius 3 is 2.92 bits per heavy atom. The SMILES string of the molecule is C=C1N(C)N/C=C\CCC1(C)C. The van der Waals surface area contributed by atoms with Gasteiger partial charge in [0.15, 0.2) is 0 Å². The van der Waals surface area contributed by atoms with Gasteiger partial charge in [-0.2, -0.15) is 0 Å². The lowest BCUT2D eigenvalue weighted by molar-refractivity contribution is 0.239. The van der Waals surface area contributed by atoms with Gasteiger partial charge in [-0.05, 0) is 12.8 Å². The highest BCUT2D eigenvalue weighted by atomic mass is 15.5. The summed E-state index contributed by atoms with van der Waals surface area (Å²) >= 11 is 0. The molecule has 0 aromatic heterocycles. The second kappa shape index (κ2) is 3.21. The molecule has 0 saturated carbocycles. The third-order valence-electron chi connectivity index (χ3n) is 2.51. The van der Waals surface area contributed by atoms with Crippen LogP contribution in [0.5, 0.6) is 0 Å². The molecule has 0 atom stereocenters. The average Bonchev–Trinajstić information content (AvgIpc) is 2.00. The van der Waals surface area contributed by atoms with Gasteiger partial charge in [0.1, 0.15) is 0 Å². The van der Waals surface area contributed by atoms with E-state index in [4.69, 9.17) is 0 Å². The molecular formula is C10H18N2. The van der Waals surface area contributed by atoms with Gasteiger partial charge in [-0.1, -0.05) is 26.5 Å². The molecule has 0 unspecified atom stereocenters. The van der Waals surface area contributed by atoms with Crippen molar-refractivity contribution < 1.29 is 0 Å². The molecule has 12 heavy (non-hydrogen) atoms. The number of hydrazine groups is 1. The van der Waals surface area contributed by atoms with Gasteiger partial charge in [0.05, 0.1) is 0 Å². The molecule has 0 radical (unpaired) electrons. The number of rotatable bonds is 0. The summed E-state index contributed by atoms with van der Waals surface area (Å²) in [5.41, 5.74) is 4.49. The highest BCUT2D eigenvalue weighted by molar-refractivity contribution is 5.07. The van der Waals surface area contributed by atoms with Gasteiger partial charge in [0.2, 0.25) is 0 Å². The van der Waals surface area contributed by atoms with Gasteiger partial charge in [0, 0.05) is 24.4 Å². The minimum Gasteiger partial charge on any atom is -0.307 e. The molecule has 0 aliphatic carbocycles. The van der Waals surface area contributed by atoms with Crippen molar-refractivity contribution in [3.63, 3.8) is 0 Å². The zero-order valence-corrected chi connectivity index (χ0v) is 8.22. The summed E-state index contributed by atoms with van der Waals surface area (Å²) in [5, 5.41) is 1.98. The minimum absolute atomic E-state index is 0.201. The van der Waals surface area contributed by atoms with Crippen LogP contribution in [-0.2, 0) is 0 Å². The van der Waals surface area contributed by atoms with E-state index >= 15 is 0 Å². The van der Waals surface area contributed by atoms with E-state index in [0.29, 0.717) is 0 Å². The Labute approximate surface area is 74.9 Å². The third-order valence-corrected chi connectivity index (χ3v) is 2.51. The van der Waals surface area contributed by atoms with Crippen molar-refractivity contribution in [2.75, 3.05) is 7.05 Å². The summed E-state index contributed by atoms with van der Waals surface area (Å²) in [6.45, 7) is 8.54. The first-order valence-corrected chi connectivity index (χ1v) is 4.38. The molecule has 0 fully saturated rings. The van der Waals surface area contributed by atoms with Crippen LogP contribution >= 0.6 is 0 Å². The maximum Gasteiger partial charge on any atom is 0.0327 e. The second-order valence-electron chi connectivity index (χ2n) is 3.96. The third kappa shape index (κ3) is 1.81. The predicted octanol–water partition coefficient (Wildman–Crippen LogP) is 2.27. The molecule has 1 aliphatic rings. The zero-order valence-electron chi connectivity index (χ0n) is 8.22. The van der Waals surface area contributed by atoms with Crippen LogP contribution in [0.3, 0.4) is 0 Å². The van der Waals surface area contributed by atoms with Gasteiger partial charge in [-0.15, -0.1) is 0 Å². The van der Waals surface area contributed by atoms with Gasteiger partial charge in [-0.25, -0.2) is 0 Å². The number of nitrogens with one attached hydrogen (secondary N) is 1. The summed E-state index contributed by atoms with van der Waals surface area (Å²) in [7, 11) is 2.00. The molecular weight excluding hydrogens is 148 g/mol. The molecule has 0 aromatic carbocycles. The smallest absolute Gasteiger partial charge is 0.0327 e. The molecule has 0 aromatic rings. The van der Waals surface area contributed by atoms with Crippen molar-refractivity contribution in [1.82, 2.24) is 10.4 Å². The number of nitrogens with zero attached hydrogens (tertiary/aromatic N) is 1. The monoisotopic (exact) mass is 166 g/mol. The Morgan fingerprint density at radius 2 is 2.25 bits per heavy atom. The quantitative estimate of drug-likeness (QED) is 0.594. The highest BCUT2D eigenvalue weighted by Crippen LogP contribution is 2.32. The van der Waals surface area contributed by atoms with E-state index in [1.54, 1.807) is 0 Å². The maximum absolute atomic E-state index is 4.08. The summed E-state index contributed by atoms with van der Waals surface area (Å²) in [4.78, 5) is 0. The second-order valence-corrected chi connectivity index (χ2v) is 3.96. The van der Waals surface area contributed by atoms with Crippen molar-refractivity contribution in [3.05, 3.63) is 24.6 Å². The van der Waals surface area contributed by atoms with Gasteiger partial charge in [0.25, 0.3) is 0 Å². The molecule has 2 nitrogen and oxygen atoms in total. The number of hydrogen-bond acceptors (Lipinski definition) is 2. The van der Waals surface area contributed by atoms with Crippen molar-refractivity contribution in [2.24, 2.45) is 5.41 Å². The Morgan fingerprint density at radius 1 is 1.58 bits per heavy atom. The van der Waals surface area contributed by atoms with E-state index in [1.165, 1.54) is 0 Å². The minimum atomic E-state index is 0.201. The Bertz CT molecular complexity index is 204. The molecule has 1 rings (SSSR count). The summed E-state index contributed by atoms with van der Waals surface area (Å²) in [5.74, 6) is 0. The fraction of sp³-hybridized carbons (Fsp3) is 0.600. The van der Waals surface area contributed by atoms with E-state index < -0.39 is 0 Å². The van der Waals surface area contributed by atoms with Crippen molar-refractivity contribution >= 4 is 0 Å². The van der Waals surface area contributed by atoms with Gasteiger partial charge >= 0.3 is 0 Å². The molecule has 2 heteroatoms. The van der Waals surface area contributed by atoms with E-state index in [0.717, 1.165) is 18.5 Å². The fourth-order valence-electron chi connectivity index (χ4n) is 1.37. The van der Waals surface area contributed by atoms with Crippen LogP contribution in [0.2, 0.25) is 0 Å². The van der Waals surface area contributed by atoms with Gasteiger partial charge < -0.3 is 5.43 Å². The van der Waals surface area contributed by atoms with Crippen LogP contribution < -0.4 is 5.43 Å². The van der Waals surface area contributed by atoms with Crippen LogP contribution in [0.15, 0.2) is 24.6 Å². The van der Waals surface area contributed by atoms with Gasteiger partial charge in [-0.3, -0.25) is 5.01 Å². The largest absolute Gasteiger partial charge is 0.307 e. The van der Waals surface area contributed by atoms with Crippen molar-refractivity contribution in [1.29, 1.82) is 0 Å². The number of hydrogen-bond donors (Lipinski definition) is 1. The van der Waals surface area contributed by atoms with Crippen molar-refractivity contribution in [2.45, 2.75) is 26.7 Å². The van der Waals surface area contributed by atoms with Crippen LogP contribution in [-0.4, -0.2) is 12.1 Å². The number of allylic oxidation sites excluding steroid dienone is 2. The van der Waals surface area contributed by atoms with Crippen LogP contribution in [0.1, 0.15) is 26.7 Å². The topological polar surface area (TPSA) is 15.3 Å². The Balaban J connectivity index is 2.79. The van der Waals surface area contributed by atoms with Crippen molar-refractivity contribution in [3.8, 4) is 0 Å². The van der Waals surface area contributed by atoms with E-state index in [-0.39, 0.29) is 5.41 Å². The van der Waals surface area contributed by atoms with E-state index in [9.17, 15) is 0 Å². The predicted molar refractivity (Wildman–Crippen MR) is 52.2 cm³/mol. The van der Waals surface area contributed by atoms with Crippen LogP contribution in [0.4, 0.5) is 0 Å². The molecule has 1 N–H and O–H groups in total. The molecule has 1 aliphatic heterocycles. The fourth-order valence-corrected chi connectivity index (χ4v) is 1.37. The lowest BCUT2D eigenvalue weighted by Crippen LogP contribution is -2.36. The summed E-state index contributed by atoms with van der Waals surface area (Å²) in [6.07, 6.45) is 6.41. The molecule has 0 amide bonds. The first-order chi connectivity index (χ1) is 5.54. The van der Waals surface area contributed by atoms with Crippen LogP contribution in [0, 0.1) is 5.41 Å². The maximum atomic E-state index is 4.08. The molecule has 68 valence electrons. The molecule has 0 bridgehead atoms. The van der Waals surface area contributed by atoms with E-state index in [1.807, 2.05) is 18.3 Å². The Kier molecular flexibility index (Phi) is 2.46. The standard InChI is InChI=1S/C10H18N2/c1-9-10(2,3)7-5-6-8-11-12(9)4/h6,8,11H,1,5,7H2,2-4H3/b8-6-. The van der Waals surface area contributed by atoms with E-state index in [2.05, 4.69) is 31.9 Å². The lowest BCUT2D eigenvalue weighted by Gasteiger charge is -2.35. The molecule has 0 saturated heterocycles. The zero-order chi connectivity index (χ0) is 9.19. The molecule has 0 spiro atoms.